The van der Waals surface area contributed by atoms with Crippen molar-refractivity contribution in [2.75, 3.05) is 6.26 Å². The molecule has 6 aromatic rings. The van der Waals surface area contributed by atoms with E-state index < -0.39 is 44.5 Å². The zero-order valence-corrected chi connectivity index (χ0v) is 46.0. The van der Waals surface area contributed by atoms with Gasteiger partial charge in [-0.1, -0.05) is 175 Å². The molecule has 72 heavy (non-hydrogen) atoms. The van der Waals surface area contributed by atoms with Gasteiger partial charge in [-0.05, 0) is 56.7 Å². The molecule has 4 aromatic carbocycles. The lowest BCUT2D eigenvalue weighted by Gasteiger charge is -2.18. The number of hydrogen-bond acceptors (Lipinski definition) is 13. The van der Waals surface area contributed by atoms with E-state index in [4.69, 9.17) is 20.1 Å². The van der Waals surface area contributed by atoms with Crippen molar-refractivity contribution in [1.82, 2.24) is 4.57 Å². The van der Waals surface area contributed by atoms with E-state index in [0.29, 0.717) is 27.8 Å². The molecule has 0 saturated heterocycles. The van der Waals surface area contributed by atoms with E-state index in [9.17, 15) is 34.3 Å². The molecule has 0 amide bonds. The Morgan fingerprint density at radius 3 is 1.65 bits per heavy atom. The Balaban J connectivity index is 0.000000254. The summed E-state index contributed by atoms with van der Waals surface area (Å²) in [7, 11) is -2.64. The summed E-state index contributed by atoms with van der Waals surface area (Å²) in [5.41, 5.74) is 3.76. The highest BCUT2D eigenvalue weighted by Crippen LogP contribution is 2.35. The summed E-state index contributed by atoms with van der Waals surface area (Å²) < 4.78 is 2.91. The van der Waals surface area contributed by atoms with Gasteiger partial charge in [-0.25, -0.2) is 0 Å². The van der Waals surface area contributed by atoms with E-state index in [2.05, 4.69) is 0 Å². The van der Waals surface area contributed by atoms with Crippen molar-refractivity contribution >= 4 is 119 Å². The van der Waals surface area contributed by atoms with E-state index in [-0.39, 0.29) is 28.5 Å². The minimum atomic E-state index is -1.53. The van der Waals surface area contributed by atoms with Gasteiger partial charge in [0.25, 0.3) is 0 Å². The minimum absolute atomic E-state index is 0.0441. The lowest BCUT2D eigenvalue weighted by Crippen LogP contribution is -2.30. The highest BCUT2D eigenvalue weighted by molar-refractivity contribution is 8.00. The van der Waals surface area contributed by atoms with Gasteiger partial charge in [0.1, 0.15) is 5.78 Å². The number of aryl methyl sites for hydroxylation is 1. The molecule has 6 rings (SSSR count). The Labute approximate surface area is 435 Å². The van der Waals surface area contributed by atoms with Gasteiger partial charge in [-0.2, -0.15) is 0 Å². The van der Waals surface area contributed by atoms with E-state index in [0.717, 1.165) is 48.0 Å². The van der Waals surface area contributed by atoms with Crippen molar-refractivity contribution in [3.8, 4) is 0 Å². The fourth-order valence-electron chi connectivity index (χ4n) is 6.94. The third-order valence-corrected chi connectivity index (χ3v) is 13.5. The van der Waals surface area contributed by atoms with E-state index >= 15 is 0 Å². The second-order valence-corrected chi connectivity index (χ2v) is 24.0. The maximum atomic E-state index is 12.5. The smallest absolute Gasteiger partial charge is 0.447 e. The number of nitrogens with zero attached hydrogens (tertiary/aromatic N) is 1. The highest BCUT2D eigenvalue weighted by atomic mass is 32.2. The molecular weight excluding hydrogens is 946 g/mol. The third-order valence-electron chi connectivity index (χ3n) is 11.3. The largest absolute Gasteiger partial charge is 0.488 e. The van der Waals surface area contributed by atoms with Crippen molar-refractivity contribution in [1.29, 1.82) is 0 Å². The number of carbonyl (C=O) groups excluding carboxylic acids is 4. The number of benzene rings is 4. The van der Waals surface area contributed by atoms with Crippen molar-refractivity contribution in [2.45, 2.75) is 101 Å². The fourth-order valence-corrected chi connectivity index (χ4v) is 8.79. The number of thiophene rings is 1. The van der Waals surface area contributed by atoms with Crippen molar-refractivity contribution in [3.05, 3.63) is 124 Å². The average Bonchev–Trinajstić information content (AvgIpc) is 3.86. The molecule has 0 unspecified atom stereocenters. The van der Waals surface area contributed by atoms with Gasteiger partial charge in [-0.3, -0.25) is 19.2 Å². The van der Waals surface area contributed by atoms with Crippen LogP contribution < -0.4 is 16.4 Å². The maximum Gasteiger partial charge on any atom is 0.488 e. The molecule has 0 aliphatic heterocycles. The van der Waals surface area contributed by atoms with Crippen LogP contribution in [0.4, 0.5) is 0 Å². The molecular formula is C54H71B4NO11S2. The van der Waals surface area contributed by atoms with Crippen LogP contribution in [-0.2, 0) is 18.3 Å². The standard InChI is InChI=1S/C16H19BO2.C14H18BNO3.C12H17BO3S2.C12H17BO3/c1-16(2,3)15(18)13-7-5-6-11-8-9-12(17(4)19)10-14(11)13;1-14(2,3)13(17)11-8-16(4)12-6-5-9(15(18)19)7-10(11)12;1-12(2,3)11(14)10-8(5-6-13(15)16)7-9(17-4)18-10;1-12(2,3)11(14)8-9-5-4-6-10(7-9)13(15)16/h5-10,19H,1-4H3;5-8,18-19H,1-4H3;5-7,15-16H,1-4H3;4-7,15-16H,8H2,1-3H3/b;;6-5+;. The topological polar surface area (TPSA) is 215 Å². The van der Waals surface area contributed by atoms with Gasteiger partial charge in [0.2, 0.25) is 0 Å². The van der Waals surface area contributed by atoms with Gasteiger partial charge in [-0.15, -0.1) is 23.1 Å². The molecule has 2 aromatic heterocycles. The number of Topliss-reactive ketones (excluding diaryl/α,β-unsaturated/α-hetero) is 4. The molecule has 0 bridgehead atoms. The Bertz CT molecular complexity index is 2880. The first-order chi connectivity index (χ1) is 33.1. The first-order valence-electron chi connectivity index (χ1n) is 23.6. The summed E-state index contributed by atoms with van der Waals surface area (Å²) in [6.45, 7) is 23.9. The average molecular weight is 1020 g/mol. The minimum Gasteiger partial charge on any atom is -0.447 e. The number of fused-ring (bicyclic) bond motifs is 2. The normalized spacial score (nSPS) is 11.8. The monoisotopic (exact) mass is 1020 g/mol. The molecule has 18 heteroatoms. The summed E-state index contributed by atoms with van der Waals surface area (Å²) in [6.07, 6.45) is 5.65. The van der Waals surface area contributed by atoms with Crippen molar-refractivity contribution in [3.63, 3.8) is 0 Å². The molecule has 0 atom stereocenters. The first kappa shape index (κ1) is 61.4. The second-order valence-electron chi connectivity index (χ2n) is 21.8. The highest BCUT2D eigenvalue weighted by Gasteiger charge is 2.29. The zero-order chi connectivity index (χ0) is 54.8. The molecule has 0 radical (unpaired) electrons. The SMILES string of the molecule is CB(O)c1ccc2cccc(C(=O)C(C)(C)C)c2c1.CC(C)(C)C(=O)Cc1cccc(B(O)O)c1.CSc1cc(/C=C/B(O)O)c(C(=O)C(C)(C)C)s1.Cn1cc(C(=O)C(C)(C)C)c2cc(B(O)O)ccc21. The predicted molar refractivity (Wildman–Crippen MR) is 301 cm³/mol. The zero-order valence-electron chi connectivity index (χ0n) is 44.4. The number of hydrogen-bond donors (Lipinski definition) is 7. The molecule has 0 aliphatic carbocycles. The van der Waals surface area contributed by atoms with E-state index in [1.165, 1.54) is 17.3 Å². The summed E-state index contributed by atoms with van der Waals surface area (Å²) in [4.78, 5) is 49.7. The van der Waals surface area contributed by atoms with Crippen LogP contribution in [0.25, 0.3) is 27.8 Å². The Hall–Kier alpha value is -4.87. The van der Waals surface area contributed by atoms with Gasteiger partial charge >= 0.3 is 28.3 Å². The number of aromatic nitrogens is 1. The van der Waals surface area contributed by atoms with E-state index in [1.807, 2.05) is 149 Å². The van der Waals surface area contributed by atoms with Gasteiger partial charge < -0.3 is 39.7 Å². The van der Waals surface area contributed by atoms with Crippen LogP contribution in [-0.4, -0.2) is 97.4 Å². The summed E-state index contributed by atoms with van der Waals surface area (Å²) >= 11 is 3.02. The second kappa shape index (κ2) is 25.4. The van der Waals surface area contributed by atoms with Crippen LogP contribution in [0.5, 0.6) is 0 Å². The molecule has 0 spiro atoms. The number of rotatable bonds is 11. The van der Waals surface area contributed by atoms with Gasteiger partial charge in [0.05, 0.1) is 9.09 Å². The molecule has 382 valence electrons. The molecule has 12 nitrogen and oxygen atoms in total. The Morgan fingerprint density at radius 2 is 1.14 bits per heavy atom. The van der Waals surface area contributed by atoms with Crippen molar-refractivity contribution < 1.29 is 54.3 Å². The quantitative estimate of drug-likeness (QED) is 0.0389. The predicted octanol–water partition coefficient (Wildman–Crippen LogP) is 7.22. The van der Waals surface area contributed by atoms with Crippen LogP contribution in [0.3, 0.4) is 0 Å². The third kappa shape index (κ3) is 17.4. The van der Waals surface area contributed by atoms with Crippen LogP contribution in [0, 0.1) is 21.7 Å². The Kier molecular flexibility index (Phi) is 21.7. The lowest BCUT2D eigenvalue weighted by molar-refractivity contribution is -0.125. The fraction of sp³-hybridized carbons (Fsp3) is 0.370. The number of ketones is 4. The van der Waals surface area contributed by atoms with Crippen molar-refractivity contribution in [2.24, 2.45) is 28.7 Å². The molecule has 0 saturated carbocycles. The van der Waals surface area contributed by atoms with Crippen LogP contribution >= 0.6 is 23.1 Å². The Morgan fingerprint density at radius 1 is 0.611 bits per heavy atom. The lowest BCUT2D eigenvalue weighted by atomic mass is 9.64. The first-order valence-corrected chi connectivity index (χ1v) is 25.6. The van der Waals surface area contributed by atoms with Crippen LogP contribution in [0.15, 0.2) is 101 Å². The van der Waals surface area contributed by atoms with Crippen LogP contribution in [0.1, 0.15) is 125 Å². The molecule has 0 fully saturated rings. The molecule has 2 heterocycles. The van der Waals surface area contributed by atoms with Gasteiger partial charge in [0.15, 0.2) is 17.3 Å². The molecule has 7 N–H and O–H groups in total. The van der Waals surface area contributed by atoms with E-state index in [1.54, 1.807) is 67.3 Å². The maximum absolute atomic E-state index is 12.5. The number of thioether (sulfide) groups is 1. The summed E-state index contributed by atoms with van der Waals surface area (Å²) in [5, 5.41) is 66.6. The molecule has 0 aliphatic rings. The van der Waals surface area contributed by atoms with Gasteiger partial charge in [0, 0.05) is 63.4 Å². The summed E-state index contributed by atoms with van der Waals surface area (Å²) in [5.74, 6) is 1.63. The van der Waals surface area contributed by atoms with Crippen LogP contribution in [0.2, 0.25) is 6.82 Å². The summed E-state index contributed by atoms with van der Waals surface area (Å²) in [6, 6.07) is 25.3. The number of carbonyl (C=O) groups is 4.